The first kappa shape index (κ1) is 20.1. The number of hydrogen-bond acceptors (Lipinski definition) is 7. The van der Waals surface area contributed by atoms with Crippen LogP contribution in [0.25, 0.3) is 0 Å². The average molecular weight is 384 g/mol. The van der Waals surface area contributed by atoms with Crippen LogP contribution in [-0.2, 0) is 9.53 Å². The van der Waals surface area contributed by atoms with E-state index in [1.54, 1.807) is 24.3 Å². The van der Waals surface area contributed by atoms with Gasteiger partial charge in [0.25, 0.3) is 5.91 Å². The number of rotatable bonds is 8. The van der Waals surface area contributed by atoms with Crippen LogP contribution in [0.5, 0.6) is 0 Å². The molecule has 2 rings (SSSR count). The van der Waals surface area contributed by atoms with Crippen molar-refractivity contribution >= 4 is 34.0 Å². The van der Waals surface area contributed by atoms with E-state index in [1.165, 1.54) is 17.5 Å². The Labute approximate surface area is 161 Å². The number of thiazole rings is 1. The number of nitriles is 1. The standard InChI is InChI=1S/C19H20N4O3S/c1-3-4-9-26-18(25)15-7-5-6-8-16(15)23-17(24)14(10-20)11-21-19-22-13(2)12-27-19/h5-8,11-12H,3-4,9H2,1-2H3,(H,21,22)(H,23,24)/b14-11-. The Hall–Kier alpha value is -3.18. The van der Waals surface area contributed by atoms with Crippen molar-refractivity contribution < 1.29 is 14.3 Å². The van der Waals surface area contributed by atoms with Gasteiger partial charge in [0.05, 0.1) is 23.6 Å². The summed E-state index contributed by atoms with van der Waals surface area (Å²) in [6, 6.07) is 8.35. The molecule has 1 aromatic carbocycles. The van der Waals surface area contributed by atoms with Crippen molar-refractivity contribution in [3.63, 3.8) is 0 Å². The third-order valence-corrected chi connectivity index (χ3v) is 4.34. The van der Waals surface area contributed by atoms with E-state index in [1.807, 2.05) is 25.3 Å². The fraction of sp³-hybridized carbons (Fsp3) is 0.263. The molecule has 0 aliphatic rings. The van der Waals surface area contributed by atoms with Gasteiger partial charge in [-0.05, 0) is 25.5 Å². The highest BCUT2D eigenvalue weighted by atomic mass is 32.1. The lowest BCUT2D eigenvalue weighted by Crippen LogP contribution is -2.17. The second-order valence-corrected chi connectivity index (χ2v) is 6.46. The van der Waals surface area contributed by atoms with Crippen molar-refractivity contribution in [1.29, 1.82) is 5.26 Å². The molecular weight excluding hydrogens is 364 g/mol. The Morgan fingerprint density at radius 2 is 2.15 bits per heavy atom. The van der Waals surface area contributed by atoms with Gasteiger partial charge in [-0.3, -0.25) is 4.79 Å². The lowest BCUT2D eigenvalue weighted by Gasteiger charge is -2.10. The van der Waals surface area contributed by atoms with Gasteiger partial charge in [-0.25, -0.2) is 9.78 Å². The minimum atomic E-state index is -0.632. The number of unbranched alkanes of at least 4 members (excludes halogenated alkanes) is 1. The van der Waals surface area contributed by atoms with Gasteiger partial charge < -0.3 is 15.4 Å². The van der Waals surface area contributed by atoms with Crippen molar-refractivity contribution in [3.8, 4) is 6.07 Å². The first-order valence-corrected chi connectivity index (χ1v) is 9.29. The third kappa shape index (κ3) is 5.94. The number of anilines is 2. The third-order valence-electron chi connectivity index (χ3n) is 3.45. The molecule has 2 N–H and O–H groups in total. The van der Waals surface area contributed by atoms with Gasteiger partial charge in [-0.2, -0.15) is 5.26 Å². The maximum absolute atomic E-state index is 12.4. The van der Waals surface area contributed by atoms with Gasteiger partial charge >= 0.3 is 5.97 Å². The predicted octanol–water partition coefficient (Wildman–Crippen LogP) is 3.87. The molecule has 0 radical (unpaired) electrons. The van der Waals surface area contributed by atoms with Crippen LogP contribution >= 0.6 is 11.3 Å². The molecule has 0 spiro atoms. The Kier molecular flexibility index (Phi) is 7.52. The van der Waals surface area contributed by atoms with Crippen LogP contribution in [0, 0.1) is 18.3 Å². The quantitative estimate of drug-likeness (QED) is 0.310. The molecule has 0 saturated carbocycles. The molecule has 1 amide bonds. The largest absolute Gasteiger partial charge is 0.462 e. The lowest BCUT2D eigenvalue weighted by atomic mass is 10.1. The lowest BCUT2D eigenvalue weighted by molar-refractivity contribution is -0.112. The predicted molar refractivity (Wildman–Crippen MR) is 104 cm³/mol. The van der Waals surface area contributed by atoms with Crippen LogP contribution < -0.4 is 10.6 Å². The van der Waals surface area contributed by atoms with Crippen molar-refractivity contribution in [2.45, 2.75) is 26.7 Å². The van der Waals surface area contributed by atoms with Crippen LogP contribution in [0.4, 0.5) is 10.8 Å². The number of esters is 1. The topological polar surface area (TPSA) is 104 Å². The summed E-state index contributed by atoms with van der Waals surface area (Å²) in [6.45, 7) is 4.16. The molecule has 140 valence electrons. The first-order valence-electron chi connectivity index (χ1n) is 8.41. The smallest absolute Gasteiger partial charge is 0.340 e. The minimum absolute atomic E-state index is 0.142. The van der Waals surface area contributed by atoms with Gasteiger partial charge in [0.2, 0.25) is 0 Å². The van der Waals surface area contributed by atoms with Crippen LogP contribution in [0.15, 0.2) is 41.4 Å². The number of carbonyl (C=O) groups excluding carboxylic acids is 2. The second kappa shape index (κ2) is 10.1. The molecule has 0 fully saturated rings. The van der Waals surface area contributed by atoms with E-state index < -0.39 is 11.9 Å². The zero-order valence-corrected chi connectivity index (χ0v) is 15.9. The average Bonchev–Trinajstić information content (AvgIpc) is 3.08. The number of nitrogens with zero attached hydrogens (tertiary/aromatic N) is 2. The highest BCUT2D eigenvalue weighted by Gasteiger charge is 2.16. The fourth-order valence-electron chi connectivity index (χ4n) is 2.05. The summed E-state index contributed by atoms with van der Waals surface area (Å²) in [5.74, 6) is -1.15. The molecule has 0 aliphatic carbocycles. The molecule has 0 atom stereocenters. The highest BCUT2D eigenvalue weighted by molar-refractivity contribution is 7.13. The molecule has 7 nitrogen and oxygen atoms in total. The van der Waals surface area contributed by atoms with Crippen molar-refractivity contribution in [2.24, 2.45) is 0 Å². The maximum Gasteiger partial charge on any atom is 0.340 e. The number of benzene rings is 1. The highest BCUT2D eigenvalue weighted by Crippen LogP contribution is 2.18. The van der Waals surface area contributed by atoms with Gasteiger partial charge in [-0.15, -0.1) is 11.3 Å². The minimum Gasteiger partial charge on any atom is -0.462 e. The number of nitrogens with one attached hydrogen (secondary N) is 2. The number of carbonyl (C=O) groups is 2. The van der Waals surface area contributed by atoms with E-state index in [4.69, 9.17) is 4.74 Å². The Morgan fingerprint density at radius 1 is 1.37 bits per heavy atom. The fourth-order valence-corrected chi connectivity index (χ4v) is 2.71. The molecule has 1 aromatic heterocycles. The molecule has 0 aliphatic heterocycles. The van der Waals surface area contributed by atoms with Crippen molar-refractivity contribution in [2.75, 3.05) is 17.2 Å². The summed E-state index contributed by atoms with van der Waals surface area (Å²) in [6.07, 6.45) is 2.97. The summed E-state index contributed by atoms with van der Waals surface area (Å²) < 4.78 is 5.20. The zero-order chi connectivity index (χ0) is 19.6. The SMILES string of the molecule is CCCCOC(=O)c1ccccc1NC(=O)/C(C#N)=C\Nc1nc(C)cs1. The van der Waals surface area contributed by atoms with E-state index in [2.05, 4.69) is 15.6 Å². The van der Waals surface area contributed by atoms with Gasteiger partial charge in [0, 0.05) is 11.6 Å². The number of hydrogen-bond donors (Lipinski definition) is 2. The first-order chi connectivity index (χ1) is 13.0. The number of para-hydroxylation sites is 1. The van der Waals surface area contributed by atoms with Gasteiger partial charge in [0.15, 0.2) is 5.13 Å². The Bertz CT molecular complexity index is 883. The molecule has 0 unspecified atom stereocenters. The summed E-state index contributed by atoms with van der Waals surface area (Å²) in [5.41, 5.74) is 1.23. The van der Waals surface area contributed by atoms with Crippen LogP contribution in [-0.4, -0.2) is 23.5 Å². The van der Waals surface area contributed by atoms with E-state index in [9.17, 15) is 14.9 Å². The Balaban J connectivity index is 2.09. The van der Waals surface area contributed by atoms with Crippen LogP contribution in [0.2, 0.25) is 0 Å². The number of aryl methyl sites for hydroxylation is 1. The van der Waals surface area contributed by atoms with Gasteiger partial charge in [0.1, 0.15) is 11.6 Å². The normalized spacial score (nSPS) is 10.8. The van der Waals surface area contributed by atoms with E-state index >= 15 is 0 Å². The van der Waals surface area contributed by atoms with Gasteiger partial charge in [-0.1, -0.05) is 25.5 Å². The van der Waals surface area contributed by atoms with Crippen LogP contribution in [0.1, 0.15) is 35.8 Å². The molecule has 0 bridgehead atoms. The molecule has 1 heterocycles. The summed E-state index contributed by atoms with van der Waals surface area (Å²) in [5, 5.41) is 17.1. The second-order valence-electron chi connectivity index (χ2n) is 5.60. The molecular formula is C19H20N4O3S. The molecule has 27 heavy (non-hydrogen) atoms. The summed E-state index contributed by atoms with van der Waals surface area (Å²) in [4.78, 5) is 28.8. The van der Waals surface area contributed by atoms with E-state index in [-0.39, 0.29) is 16.8 Å². The van der Waals surface area contributed by atoms with E-state index in [0.29, 0.717) is 11.7 Å². The van der Waals surface area contributed by atoms with Crippen molar-refractivity contribution in [3.05, 3.63) is 52.7 Å². The Morgan fingerprint density at radius 3 is 2.81 bits per heavy atom. The number of amides is 1. The molecule has 0 saturated heterocycles. The maximum atomic E-state index is 12.4. The number of ether oxygens (including phenoxy) is 1. The zero-order valence-electron chi connectivity index (χ0n) is 15.1. The summed E-state index contributed by atoms with van der Waals surface area (Å²) >= 11 is 1.36. The molecule has 8 heteroatoms. The number of aromatic nitrogens is 1. The van der Waals surface area contributed by atoms with E-state index in [0.717, 1.165) is 18.5 Å². The molecule has 2 aromatic rings. The van der Waals surface area contributed by atoms with Crippen molar-refractivity contribution in [1.82, 2.24) is 4.98 Å². The van der Waals surface area contributed by atoms with Crippen LogP contribution in [0.3, 0.4) is 0 Å². The summed E-state index contributed by atoms with van der Waals surface area (Å²) in [7, 11) is 0. The monoisotopic (exact) mass is 384 g/mol.